The monoisotopic (exact) mass is 432 g/mol. The van der Waals surface area contributed by atoms with Gasteiger partial charge in [-0.3, -0.25) is 4.79 Å². The Balaban J connectivity index is 1.61. The Morgan fingerprint density at radius 2 is 2.13 bits per heavy atom. The summed E-state index contributed by atoms with van der Waals surface area (Å²) in [5, 5.41) is 7.37. The van der Waals surface area contributed by atoms with Gasteiger partial charge in [0.1, 0.15) is 5.75 Å². The fourth-order valence-corrected chi connectivity index (χ4v) is 3.15. The summed E-state index contributed by atoms with van der Waals surface area (Å²) >= 11 is 6.11. The van der Waals surface area contributed by atoms with Crippen LogP contribution < -0.4 is 20.7 Å². The second-order valence-corrected chi connectivity index (χ2v) is 7.48. The number of hydrogen-bond acceptors (Lipinski definition) is 7. The number of rotatable bonds is 8. The van der Waals surface area contributed by atoms with Gasteiger partial charge in [0.15, 0.2) is 16.5 Å². The van der Waals surface area contributed by atoms with Crippen LogP contribution in [0.4, 0.5) is 11.4 Å². The molecule has 9 nitrogen and oxygen atoms in total. The number of fused-ring (bicyclic) bond motifs is 1. The number of nitrogens with zero attached hydrogens (tertiary/aromatic N) is 4. The molecule has 0 aliphatic heterocycles. The number of carbonyl (C=O) groups is 1. The number of anilines is 2. The molecule has 3 rings (SSSR count). The van der Waals surface area contributed by atoms with Crippen molar-refractivity contribution < 1.29 is 14.3 Å². The van der Waals surface area contributed by atoms with E-state index in [0.717, 1.165) is 11.3 Å². The number of imidazole rings is 1. The van der Waals surface area contributed by atoms with E-state index in [2.05, 4.69) is 15.4 Å². The highest BCUT2D eigenvalue weighted by molar-refractivity contribution is 6.29. The van der Waals surface area contributed by atoms with Crippen molar-refractivity contribution in [1.82, 2.24) is 19.9 Å². The van der Waals surface area contributed by atoms with Crippen molar-refractivity contribution in [3.05, 3.63) is 46.9 Å². The minimum Gasteiger partial charge on any atom is -0.495 e. The fraction of sp³-hybridized carbons (Fsp3) is 0.350. The molecule has 0 fully saturated rings. The van der Waals surface area contributed by atoms with Crippen LogP contribution >= 0.6 is 11.6 Å². The molecule has 0 aliphatic rings. The predicted molar refractivity (Wildman–Crippen MR) is 116 cm³/mol. The van der Waals surface area contributed by atoms with Gasteiger partial charge in [-0.2, -0.15) is 5.10 Å². The zero-order valence-corrected chi connectivity index (χ0v) is 18.1. The molecule has 0 radical (unpaired) electrons. The van der Waals surface area contributed by atoms with E-state index in [1.165, 1.54) is 10.7 Å². The van der Waals surface area contributed by atoms with Gasteiger partial charge in [0.05, 0.1) is 37.9 Å². The Morgan fingerprint density at radius 3 is 2.80 bits per heavy atom. The summed E-state index contributed by atoms with van der Waals surface area (Å²) in [6, 6.07) is 6.95. The van der Waals surface area contributed by atoms with Crippen molar-refractivity contribution in [1.29, 1.82) is 0 Å². The summed E-state index contributed by atoms with van der Waals surface area (Å²) in [5.41, 5.74) is 8.99. The first-order valence-electron chi connectivity index (χ1n) is 9.32. The lowest BCUT2D eigenvalue weighted by Crippen LogP contribution is -2.36. The van der Waals surface area contributed by atoms with Gasteiger partial charge in [-0.1, -0.05) is 17.7 Å². The van der Waals surface area contributed by atoms with Crippen LogP contribution in [0.15, 0.2) is 30.5 Å². The highest BCUT2D eigenvalue weighted by atomic mass is 35.5. The van der Waals surface area contributed by atoms with Crippen LogP contribution in [0.2, 0.25) is 5.15 Å². The second-order valence-electron chi connectivity index (χ2n) is 7.09. The molecule has 0 spiro atoms. The lowest BCUT2D eigenvalue weighted by atomic mass is 10.2. The van der Waals surface area contributed by atoms with Gasteiger partial charge in [-0.25, -0.2) is 9.50 Å². The van der Waals surface area contributed by atoms with Crippen LogP contribution in [0.5, 0.6) is 5.75 Å². The standard InChI is InChI=1S/C20H25ClN6O3/c1-12(10-30-11-13-5-6-17(29-4)14(22)7-13)24-20(28)16-9-23-19-15(26(2)3)8-18(21)25-27(16)19/h5-9,12H,10-11,22H2,1-4H3,(H,24,28)/t12-/m0/s1. The molecule has 0 saturated carbocycles. The lowest BCUT2D eigenvalue weighted by Gasteiger charge is -2.15. The number of methoxy groups -OCH3 is 1. The first-order chi connectivity index (χ1) is 14.3. The van der Waals surface area contributed by atoms with E-state index in [1.54, 1.807) is 25.3 Å². The normalized spacial score (nSPS) is 12.0. The van der Waals surface area contributed by atoms with E-state index in [0.29, 0.717) is 36.0 Å². The molecule has 0 bridgehead atoms. The number of nitrogens with one attached hydrogen (secondary N) is 1. The molecule has 3 aromatic rings. The maximum atomic E-state index is 12.7. The Morgan fingerprint density at radius 1 is 1.37 bits per heavy atom. The molecule has 160 valence electrons. The molecule has 1 amide bonds. The van der Waals surface area contributed by atoms with Crippen LogP contribution in [-0.2, 0) is 11.3 Å². The molecule has 2 aromatic heterocycles. The van der Waals surface area contributed by atoms with Gasteiger partial charge in [-0.05, 0) is 24.6 Å². The number of carbonyl (C=O) groups excluding carboxylic acids is 1. The van der Waals surface area contributed by atoms with E-state index in [9.17, 15) is 4.79 Å². The summed E-state index contributed by atoms with van der Waals surface area (Å²) in [7, 11) is 5.31. The molecule has 0 unspecified atom stereocenters. The van der Waals surface area contributed by atoms with Crippen molar-refractivity contribution in [2.24, 2.45) is 0 Å². The van der Waals surface area contributed by atoms with Crippen LogP contribution in [0.1, 0.15) is 23.0 Å². The first kappa shape index (κ1) is 21.7. The average molecular weight is 433 g/mol. The van der Waals surface area contributed by atoms with E-state index in [-0.39, 0.29) is 17.1 Å². The Kier molecular flexibility index (Phi) is 6.63. The molecule has 10 heteroatoms. The summed E-state index contributed by atoms with van der Waals surface area (Å²) in [5.74, 6) is 0.310. The molecular weight excluding hydrogens is 408 g/mol. The minimum atomic E-state index is -0.313. The van der Waals surface area contributed by atoms with Gasteiger partial charge in [0, 0.05) is 26.2 Å². The number of ether oxygens (including phenoxy) is 2. The molecular formula is C20H25ClN6O3. The largest absolute Gasteiger partial charge is 0.495 e. The van der Waals surface area contributed by atoms with E-state index in [4.69, 9.17) is 26.8 Å². The van der Waals surface area contributed by atoms with Crippen LogP contribution in [0, 0.1) is 0 Å². The van der Waals surface area contributed by atoms with Crippen molar-refractivity contribution in [3.63, 3.8) is 0 Å². The zero-order valence-electron chi connectivity index (χ0n) is 17.3. The molecule has 2 heterocycles. The first-order valence-corrected chi connectivity index (χ1v) is 9.70. The number of hydrogen-bond donors (Lipinski definition) is 2. The number of halogens is 1. The zero-order chi connectivity index (χ0) is 21.8. The highest BCUT2D eigenvalue weighted by Gasteiger charge is 2.19. The Hall–Kier alpha value is -3.04. The van der Waals surface area contributed by atoms with E-state index in [1.807, 2.05) is 32.0 Å². The van der Waals surface area contributed by atoms with Crippen LogP contribution in [-0.4, -0.2) is 54.4 Å². The quantitative estimate of drug-likeness (QED) is 0.526. The maximum absolute atomic E-state index is 12.7. The average Bonchev–Trinajstić information content (AvgIpc) is 3.11. The smallest absolute Gasteiger partial charge is 0.271 e. The molecule has 1 aromatic carbocycles. The van der Waals surface area contributed by atoms with Gasteiger partial charge < -0.3 is 25.4 Å². The summed E-state index contributed by atoms with van der Waals surface area (Å²) < 4.78 is 12.3. The van der Waals surface area contributed by atoms with E-state index >= 15 is 0 Å². The highest BCUT2D eigenvalue weighted by Crippen LogP contribution is 2.23. The third-order valence-corrected chi connectivity index (χ3v) is 4.63. The van der Waals surface area contributed by atoms with Gasteiger partial charge >= 0.3 is 0 Å². The van der Waals surface area contributed by atoms with Gasteiger partial charge in [-0.15, -0.1) is 0 Å². The number of aromatic nitrogens is 3. The van der Waals surface area contributed by atoms with Crippen molar-refractivity contribution in [2.45, 2.75) is 19.6 Å². The number of nitrogens with two attached hydrogens (primary N) is 1. The van der Waals surface area contributed by atoms with Gasteiger partial charge in [0.25, 0.3) is 5.91 Å². The third kappa shape index (κ3) is 4.74. The van der Waals surface area contributed by atoms with Crippen LogP contribution in [0.25, 0.3) is 5.65 Å². The number of amides is 1. The molecule has 30 heavy (non-hydrogen) atoms. The predicted octanol–water partition coefficient (Wildman–Crippen LogP) is 2.37. The molecule has 1 atom stereocenters. The SMILES string of the molecule is COc1ccc(COC[C@H](C)NC(=O)c2cnc3c(N(C)C)cc(Cl)nn23)cc1N. The van der Waals surface area contributed by atoms with Crippen LogP contribution in [0.3, 0.4) is 0 Å². The molecule has 0 aliphatic carbocycles. The number of benzene rings is 1. The fourth-order valence-electron chi connectivity index (χ4n) is 2.97. The summed E-state index contributed by atoms with van der Waals surface area (Å²) in [4.78, 5) is 18.9. The maximum Gasteiger partial charge on any atom is 0.271 e. The number of nitrogen functional groups attached to an aromatic ring is 1. The second kappa shape index (κ2) is 9.19. The van der Waals surface area contributed by atoms with Crippen molar-refractivity contribution in [2.75, 3.05) is 38.4 Å². The van der Waals surface area contributed by atoms with Gasteiger partial charge in [0.2, 0.25) is 0 Å². The summed E-state index contributed by atoms with van der Waals surface area (Å²) in [6.07, 6.45) is 1.48. The Bertz CT molecular complexity index is 1050. The Labute approximate surface area is 179 Å². The molecule has 0 saturated heterocycles. The summed E-state index contributed by atoms with van der Waals surface area (Å²) in [6.45, 7) is 2.55. The minimum absolute atomic E-state index is 0.230. The lowest BCUT2D eigenvalue weighted by molar-refractivity contribution is 0.0815. The molecule has 3 N–H and O–H groups in total. The third-order valence-electron chi connectivity index (χ3n) is 4.44. The van der Waals surface area contributed by atoms with E-state index < -0.39 is 0 Å². The van der Waals surface area contributed by atoms with Crippen molar-refractivity contribution >= 4 is 34.5 Å². The van der Waals surface area contributed by atoms with Crippen molar-refractivity contribution in [3.8, 4) is 5.75 Å². The topological polar surface area (TPSA) is 107 Å².